The van der Waals surface area contributed by atoms with E-state index in [0.717, 1.165) is 16.2 Å². The van der Waals surface area contributed by atoms with Crippen LogP contribution in [-0.4, -0.2) is 35.9 Å². The molecule has 0 atom stereocenters. The van der Waals surface area contributed by atoms with Crippen molar-refractivity contribution in [2.75, 3.05) is 23.4 Å². The summed E-state index contributed by atoms with van der Waals surface area (Å²) in [7, 11) is 0. The minimum absolute atomic E-state index is 0.219. The standard InChI is InChI=1S/C22H17N3O5S/c26-19-7-8-20(27)25(19)15-4-1-13(2-5-15)21(28)24-22-23-16(12-31-22)14-3-6-17-18(11-14)30-10-9-29-17/h1-6,11-12H,7-10H2,(H,23,24,28). The van der Waals surface area contributed by atoms with Crippen molar-refractivity contribution in [1.82, 2.24) is 4.98 Å². The molecule has 2 aliphatic heterocycles. The van der Waals surface area contributed by atoms with Gasteiger partial charge in [0, 0.05) is 29.3 Å². The van der Waals surface area contributed by atoms with Crippen molar-refractivity contribution in [3.8, 4) is 22.8 Å². The van der Waals surface area contributed by atoms with Gasteiger partial charge in [-0.2, -0.15) is 0 Å². The molecule has 31 heavy (non-hydrogen) atoms. The average Bonchev–Trinajstić information content (AvgIpc) is 3.39. The van der Waals surface area contributed by atoms with E-state index in [1.54, 1.807) is 24.3 Å². The van der Waals surface area contributed by atoms with Crippen molar-refractivity contribution in [2.45, 2.75) is 12.8 Å². The number of carbonyl (C=O) groups excluding carboxylic acids is 3. The van der Waals surface area contributed by atoms with Gasteiger partial charge in [0.05, 0.1) is 11.4 Å². The number of thiazole rings is 1. The van der Waals surface area contributed by atoms with Gasteiger partial charge in [0.15, 0.2) is 16.6 Å². The first-order chi connectivity index (χ1) is 15.1. The lowest BCUT2D eigenvalue weighted by Gasteiger charge is -2.18. The van der Waals surface area contributed by atoms with E-state index in [2.05, 4.69) is 10.3 Å². The molecule has 0 spiro atoms. The predicted octanol–water partition coefficient (Wildman–Crippen LogP) is 3.49. The summed E-state index contributed by atoms with van der Waals surface area (Å²) in [5, 5.41) is 5.10. The zero-order chi connectivity index (χ0) is 21.4. The monoisotopic (exact) mass is 435 g/mol. The van der Waals surface area contributed by atoms with Crippen LogP contribution in [0.2, 0.25) is 0 Å². The molecule has 9 heteroatoms. The quantitative estimate of drug-likeness (QED) is 0.630. The number of nitrogens with zero attached hydrogens (tertiary/aromatic N) is 2. The zero-order valence-electron chi connectivity index (χ0n) is 16.3. The predicted molar refractivity (Wildman–Crippen MR) is 115 cm³/mol. The van der Waals surface area contributed by atoms with Crippen LogP contribution in [0.4, 0.5) is 10.8 Å². The average molecular weight is 435 g/mol. The SMILES string of the molecule is O=C(Nc1nc(-c2ccc3c(c2)OCCO3)cs1)c1ccc(N2C(=O)CCC2=O)cc1. The Kier molecular flexibility index (Phi) is 4.87. The molecule has 2 aliphatic rings. The van der Waals surface area contributed by atoms with E-state index in [1.807, 2.05) is 23.6 Å². The van der Waals surface area contributed by atoms with E-state index >= 15 is 0 Å². The molecular formula is C22H17N3O5S. The Hall–Kier alpha value is -3.72. The number of hydrogen-bond donors (Lipinski definition) is 1. The summed E-state index contributed by atoms with van der Waals surface area (Å²) >= 11 is 1.32. The van der Waals surface area contributed by atoms with Gasteiger partial charge in [-0.25, -0.2) is 4.98 Å². The number of hydrogen-bond acceptors (Lipinski definition) is 7. The summed E-state index contributed by atoms with van der Waals surface area (Å²) in [4.78, 5) is 41.9. The maximum atomic E-state index is 12.6. The maximum absolute atomic E-state index is 12.6. The Morgan fingerprint density at radius 2 is 1.68 bits per heavy atom. The van der Waals surface area contributed by atoms with Crippen molar-refractivity contribution in [3.63, 3.8) is 0 Å². The molecular weight excluding hydrogens is 418 g/mol. The van der Waals surface area contributed by atoms with Gasteiger partial charge < -0.3 is 9.47 Å². The van der Waals surface area contributed by atoms with E-state index < -0.39 is 0 Å². The second-order valence-corrected chi connectivity index (χ2v) is 7.88. The van der Waals surface area contributed by atoms with Crippen molar-refractivity contribution in [1.29, 1.82) is 0 Å². The van der Waals surface area contributed by atoms with Crippen LogP contribution in [0.5, 0.6) is 11.5 Å². The fourth-order valence-electron chi connectivity index (χ4n) is 3.46. The largest absolute Gasteiger partial charge is 0.486 e. The van der Waals surface area contributed by atoms with Crippen LogP contribution in [0.15, 0.2) is 47.8 Å². The molecule has 2 aromatic carbocycles. The highest BCUT2D eigenvalue weighted by Gasteiger charge is 2.30. The lowest BCUT2D eigenvalue weighted by molar-refractivity contribution is -0.121. The van der Waals surface area contributed by atoms with Crippen LogP contribution in [0.25, 0.3) is 11.3 Å². The molecule has 3 heterocycles. The van der Waals surface area contributed by atoms with Crippen LogP contribution in [-0.2, 0) is 9.59 Å². The number of nitrogens with one attached hydrogen (secondary N) is 1. The third kappa shape index (κ3) is 3.75. The maximum Gasteiger partial charge on any atom is 0.257 e. The fourth-order valence-corrected chi connectivity index (χ4v) is 4.18. The number of benzene rings is 2. The number of ether oxygens (including phenoxy) is 2. The molecule has 1 saturated heterocycles. The summed E-state index contributed by atoms with van der Waals surface area (Å²) < 4.78 is 11.1. The lowest BCUT2D eigenvalue weighted by Crippen LogP contribution is -2.28. The van der Waals surface area contributed by atoms with E-state index in [9.17, 15) is 14.4 Å². The molecule has 156 valence electrons. The van der Waals surface area contributed by atoms with Crippen molar-refractivity contribution < 1.29 is 23.9 Å². The smallest absolute Gasteiger partial charge is 0.257 e. The third-order valence-electron chi connectivity index (χ3n) is 5.00. The Morgan fingerprint density at radius 3 is 2.42 bits per heavy atom. The van der Waals surface area contributed by atoms with Gasteiger partial charge in [-0.3, -0.25) is 24.6 Å². The Morgan fingerprint density at radius 1 is 0.968 bits per heavy atom. The first-order valence-electron chi connectivity index (χ1n) is 9.71. The van der Waals surface area contributed by atoms with E-state index in [4.69, 9.17) is 9.47 Å². The second kappa shape index (κ2) is 7.84. The van der Waals surface area contributed by atoms with Gasteiger partial charge in [0.1, 0.15) is 13.2 Å². The highest BCUT2D eigenvalue weighted by atomic mass is 32.1. The van der Waals surface area contributed by atoms with E-state index in [-0.39, 0.29) is 30.6 Å². The summed E-state index contributed by atoms with van der Waals surface area (Å²) in [6.07, 6.45) is 0.438. The highest BCUT2D eigenvalue weighted by molar-refractivity contribution is 7.14. The molecule has 1 fully saturated rings. The van der Waals surface area contributed by atoms with Gasteiger partial charge in [-0.05, 0) is 42.5 Å². The molecule has 0 saturated carbocycles. The van der Waals surface area contributed by atoms with E-state index in [1.165, 1.54) is 11.3 Å². The number of anilines is 2. The minimum atomic E-state index is -0.325. The van der Waals surface area contributed by atoms with Crippen LogP contribution < -0.4 is 19.7 Å². The molecule has 3 aromatic rings. The fraction of sp³-hybridized carbons (Fsp3) is 0.182. The summed E-state index contributed by atoms with van der Waals surface area (Å²) in [5.41, 5.74) is 2.46. The second-order valence-electron chi connectivity index (χ2n) is 7.02. The first kappa shape index (κ1) is 19.3. The topological polar surface area (TPSA) is 97.8 Å². The lowest BCUT2D eigenvalue weighted by atomic mass is 10.1. The van der Waals surface area contributed by atoms with E-state index in [0.29, 0.717) is 41.1 Å². The Balaban J connectivity index is 1.29. The summed E-state index contributed by atoms with van der Waals surface area (Å²) in [6, 6.07) is 12.0. The molecule has 1 aromatic heterocycles. The molecule has 0 bridgehead atoms. The normalized spacial score (nSPS) is 15.3. The zero-order valence-corrected chi connectivity index (χ0v) is 17.1. The van der Waals surface area contributed by atoms with Crippen LogP contribution in [0, 0.1) is 0 Å². The molecule has 1 N–H and O–H groups in total. The molecule has 0 unspecified atom stereocenters. The van der Waals surface area contributed by atoms with Gasteiger partial charge in [0.2, 0.25) is 11.8 Å². The highest BCUT2D eigenvalue weighted by Crippen LogP contribution is 2.35. The molecule has 8 nitrogen and oxygen atoms in total. The van der Waals surface area contributed by atoms with Crippen molar-refractivity contribution >= 4 is 39.9 Å². The molecule has 0 aliphatic carbocycles. The number of fused-ring (bicyclic) bond motifs is 1. The molecule has 5 rings (SSSR count). The Labute approximate surface area is 181 Å². The van der Waals surface area contributed by atoms with Crippen LogP contribution >= 0.6 is 11.3 Å². The minimum Gasteiger partial charge on any atom is -0.486 e. The van der Waals surface area contributed by atoms with Crippen molar-refractivity contribution in [3.05, 3.63) is 53.4 Å². The van der Waals surface area contributed by atoms with Crippen molar-refractivity contribution in [2.24, 2.45) is 0 Å². The Bertz CT molecular complexity index is 1170. The number of aromatic nitrogens is 1. The van der Waals surface area contributed by atoms with Crippen LogP contribution in [0.3, 0.4) is 0 Å². The van der Waals surface area contributed by atoms with Gasteiger partial charge in [0.25, 0.3) is 5.91 Å². The first-order valence-corrected chi connectivity index (χ1v) is 10.6. The van der Waals surface area contributed by atoms with Gasteiger partial charge >= 0.3 is 0 Å². The number of rotatable bonds is 4. The van der Waals surface area contributed by atoms with Gasteiger partial charge in [-0.1, -0.05) is 0 Å². The number of imide groups is 1. The summed E-state index contributed by atoms with van der Waals surface area (Å²) in [5.74, 6) is 0.610. The number of carbonyl (C=O) groups is 3. The van der Waals surface area contributed by atoms with Crippen LogP contribution in [0.1, 0.15) is 23.2 Å². The molecule has 3 amide bonds. The third-order valence-corrected chi connectivity index (χ3v) is 5.76. The van der Waals surface area contributed by atoms with Gasteiger partial charge in [-0.15, -0.1) is 11.3 Å². The summed E-state index contributed by atoms with van der Waals surface area (Å²) in [6.45, 7) is 1.04. The number of amides is 3. The molecule has 0 radical (unpaired) electrons.